The zero-order valence-electron chi connectivity index (χ0n) is 29.1. The average molecular weight is 720 g/mol. The maximum Gasteiger partial charge on any atom is 0.249 e. The van der Waals surface area contributed by atoms with Gasteiger partial charge in [0, 0.05) is 43.2 Å². The monoisotopic (exact) mass is 718 g/mol. The van der Waals surface area contributed by atoms with Crippen molar-refractivity contribution in [1.82, 2.24) is 20.9 Å². The smallest absolute Gasteiger partial charge is 0.249 e. The van der Waals surface area contributed by atoms with Crippen LogP contribution in [0.15, 0.2) is 78.4 Å². The number of hydrogen-bond donors (Lipinski definition) is 3. The lowest BCUT2D eigenvalue weighted by Crippen LogP contribution is -2.64. The van der Waals surface area contributed by atoms with E-state index in [2.05, 4.69) is 40.2 Å². The van der Waals surface area contributed by atoms with Crippen LogP contribution >= 0.6 is 23.2 Å². The number of piperazine rings is 1. The Morgan fingerprint density at radius 3 is 2.34 bits per heavy atom. The van der Waals surface area contributed by atoms with Crippen LogP contribution in [-0.2, 0) is 27.2 Å². The Hall–Kier alpha value is -3.85. The molecule has 3 amide bonds. The first-order valence-corrected chi connectivity index (χ1v) is 18.4. The minimum absolute atomic E-state index is 0.0249. The first-order chi connectivity index (χ1) is 24.1. The highest BCUT2D eigenvalue weighted by atomic mass is 35.5. The van der Waals surface area contributed by atoms with Crippen molar-refractivity contribution in [2.45, 2.75) is 77.4 Å². The number of carbonyl (C=O) groups excluding carboxylic acids is 3. The van der Waals surface area contributed by atoms with Crippen LogP contribution < -0.4 is 20.7 Å². The van der Waals surface area contributed by atoms with Crippen molar-refractivity contribution in [2.24, 2.45) is 5.92 Å². The van der Waals surface area contributed by atoms with E-state index in [0.717, 1.165) is 47.4 Å². The lowest BCUT2D eigenvalue weighted by molar-refractivity contribution is -0.138. The summed E-state index contributed by atoms with van der Waals surface area (Å²) < 4.78 is 5.86. The third-order valence-electron chi connectivity index (χ3n) is 9.22. The molecule has 5 rings (SSSR count). The Morgan fingerprint density at radius 2 is 1.64 bits per heavy atom. The largest absolute Gasteiger partial charge is 0.492 e. The highest BCUT2D eigenvalue weighted by molar-refractivity contribution is 6.32. The molecule has 2 bridgehead atoms. The van der Waals surface area contributed by atoms with E-state index in [9.17, 15) is 14.4 Å². The third-order valence-corrected chi connectivity index (χ3v) is 9.90. The molecule has 50 heavy (non-hydrogen) atoms. The van der Waals surface area contributed by atoms with Crippen molar-refractivity contribution in [1.29, 1.82) is 0 Å². The van der Waals surface area contributed by atoms with Crippen LogP contribution in [0.25, 0.3) is 5.57 Å². The van der Waals surface area contributed by atoms with Gasteiger partial charge in [-0.1, -0.05) is 91.6 Å². The molecule has 3 N–H and O–H groups in total. The molecule has 0 spiro atoms. The van der Waals surface area contributed by atoms with E-state index in [4.69, 9.17) is 27.9 Å². The summed E-state index contributed by atoms with van der Waals surface area (Å²) in [6, 6.07) is 22.7. The quantitative estimate of drug-likeness (QED) is 0.153. The van der Waals surface area contributed by atoms with Crippen molar-refractivity contribution < 1.29 is 19.1 Å². The molecule has 1 saturated heterocycles. The molecule has 1 fully saturated rings. The second-order valence-corrected chi connectivity index (χ2v) is 14.5. The van der Waals surface area contributed by atoms with Gasteiger partial charge in [-0.25, -0.2) is 0 Å². The molecule has 0 aliphatic carbocycles. The Bertz CT molecular complexity index is 1680. The summed E-state index contributed by atoms with van der Waals surface area (Å²) in [6.07, 6.45) is 4.33. The second-order valence-electron chi connectivity index (χ2n) is 13.7. The lowest BCUT2D eigenvalue weighted by atomic mass is 9.82. The number of nitrogens with one attached hydrogen (secondary N) is 3. The first kappa shape index (κ1) is 37.4. The predicted octanol–water partition coefficient (Wildman–Crippen LogP) is 6.63. The van der Waals surface area contributed by atoms with Crippen LogP contribution in [0.2, 0.25) is 10.0 Å². The Balaban J connectivity index is 1.31. The number of halogens is 2. The molecule has 0 radical (unpaired) electrons. The summed E-state index contributed by atoms with van der Waals surface area (Å²) in [5.74, 6) is 0.458. The molecule has 10 heteroatoms. The van der Waals surface area contributed by atoms with E-state index < -0.39 is 6.04 Å². The molecule has 0 aromatic heterocycles. The van der Waals surface area contributed by atoms with Crippen molar-refractivity contribution in [3.63, 3.8) is 0 Å². The number of fused-ring (bicyclic) bond motifs is 2. The van der Waals surface area contributed by atoms with Crippen LogP contribution in [0.5, 0.6) is 5.75 Å². The number of aryl methyl sites for hydroxylation is 2. The van der Waals surface area contributed by atoms with E-state index in [1.807, 2.05) is 67.3 Å². The molecule has 3 atom stereocenters. The lowest BCUT2D eigenvalue weighted by Gasteiger charge is -2.45. The summed E-state index contributed by atoms with van der Waals surface area (Å²) in [7, 11) is 0. The molecule has 3 aromatic rings. The highest BCUT2D eigenvalue weighted by Crippen LogP contribution is 2.34. The summed E-state index contributed by atoms with van der Waals surface area (Å²) in [6.45, 7) is 7.42. The van der Waals surface area contributed by atoms with Crippen LogP contribution in [0.3, 0.4) is 0 Å². The Labute approximate surface area is 305 Å². The minimum Gasteiger partial charge on any atom is -0.492 e. The molecule has 3 aromatic carbocycles. The van der Waals surface area contributed by atoms with Gasteiger partial charge < -0.3 is 25.6 Å². The van der Waals surface area contributed by atoms with Gasteiger partial charge in [-0.15, -0.1) is 0 Å². The highest BCUT2D eigenvalue weighted by Gasteiger charge is 2.41. The fourth-order valence-corrected chi connectivity index (χ4v) is 7.31. The van der Waals surface area contributed by atoms with Gasteiger partial charge in [-0.05, 0) is 84.9 Å². The van der Waals surface area contributed by atoms with Gasteiger partial charge in [0.1, 0.15) is 11.8 Å². The molecular weight excluding hydrogens is 671 g/mol. The number of amides is 3. The third kappa shape index (κ3) is 10.1. The van der Waals surface area contributed by atoms with Crippen LogP contribution in [-0.4, -0.2) is 67.0 Å². The molecule has 266 valence electrons. The molecule has 0 saturated carbocycles. The minimum atomic E-state index is -0.598. The maximum absolute atomic E-state index is 14.0. The zero-order chi connectivity index (χ0) is 35.6. The van der Waals surface area contributed by atoms with E-state index in [0.29, 0.717) is 55.4 Å². The number of para-hydroxylation sites is 1. The van der Waals surface area contributed by atoms with Crippen molar-refractivity contribution >= 4 is 46.5 Å². The van der Waals surface area contributed by atoms with Crippen molar-refractivity contribution in [3.05, 3.63) is 105 Å². The van der Waals surface area contributed by atoms with Gasteiger partial charge in [0.2, 0.25) is 17.7 Å². The number of carbonyl (C=O) groups is 3. The van der Waals surface area contributed by atoms with Gasteiger partial charge in [-0.2, -0.15) is 0 Å². The number of rotatable bonds is 15. The molecule has 0 unspecified atom stereocenters. The molecular formula is C40H48Cl2N4O4. The first-order valence-electron chi connectivity index (χ1n) is 17.6. The maximum atomic E-state index is 14.0. The molecule has 8 nitrogen and oxygen atoms in total. The van der Waals surface area contributed by atoms with Gasteiger partial charge in [0.25, 0.3) is 0 Å². The fourth-order valence-electron chi connectivity index (χ4n) is 6.89. The van der Waals surface area contributed by atoms with E-state index in [1.54, 1.807) is 0 Å². The average Bonchev–Trinajstić information content (AvgIpc) is 3.09. The Kier molecular flexibility index (Phi) is 13.4. The van der Waals surface area contributed by atoms with E-state index >= 15 is 0 Å². The zero-order valence-corrected chi connectivity index (χ0v) is 30.7. The molecule has 2 heterocycles. The fraction of sp³-hybridized carbons (Fsp3) is 0.425. The summed E-state index contributed by atoms with van der Waals surface area (Å²) in [5, 5.41) is 11.0. The van der Waals surface area contributed by atoms with Crippen LogP contribution in [0.1, 0.15) is 63.1 Å². The Morgan fingerprint density at radius 1 is 0.920 bits per heavy atom. The normalized spacial score (nSPS) is 17.8. The van der Waals surface area contributed by atoms with E-state index in [-0.39, 0.29) is 35.7 Å². The van der Waals surface area contributed by atoms with Crippen molar-refractivity contribution in [3.8, 4) is 5.75 Å². The predicted molar refractivity (Wildman–Crippen MR) is 200 cm³/mol. The van der Waals surface area contributed by atoms with Gasteiger partial charge >= 0.3 is 0 Å². The standard InChI is InChI=1S/C40H48Cl2N4O4/c1-26(2)22-35(44-27(3)47)40(49)46-24-31-23-32(29-18-16-28(17-19-29)10-9-21-50-37-15-7-6-14-34(37)42)38(36(25-46)45-31)39(48)43-20-8-12-30-11-4-5-13-33(30)41/h4-7,11,13-19,26,31,35-36,45H,8-10,12,20-25H2,1-3H3,(H,43,48)(H,44,47)/t31-,35+,36-/m1/s1. The topological polar surface area (TPSA) is 99.8 Å². The van der Waals surface area contributed by atoms with Gasteiger partial charge in [0.05, 0.1) is 17.7 Å². The van der Waals surface area contributed by atoms with Crippen LogP contribution in [0, 0.1) is 5.92 Å². The number of benzene rings is 3. The number of ether oxygens (including phenoxy) is 1. The molecule has 2 aliphatic heterocycles. The second kappa shape index (κ2) is 17.9. The van der Waals surface area contributed by atoms with Crippen LogP contribution in [0.4, 0.5) is 0 Å². The number of hydrogen-bond acceptors (Lipinski definition) is 5. The van der Waals surface area contributed by atoms with E-state index in [1.165, 1.54) is 12.5 Å². The summed E-state index contributed by atoms with van der Waals surface area (Å²) in [5.41, 5.74) is 4.91. The summed E-state index contributed by atoms with van der Waals surface area (Å²) in [4.78, 5) is 41.6. The SMILES string of the molecule is CC(=O)N[C@@H](CC(C)C)C(=O)N1C[C@H]2CC(c3ccc(CCCOc4ccccc4Cl)cc3)=C(C(=O)NCCCc3ccccc3Cl)[C@@H](C1)N2. The summed E-state index contributed by atoms with van der Waals surface area (Å²) >= 11 is 12.6. The molecule has 2 aliphatic rings. The van der Waals surface area contributed by atoms with Crippen molar-refractivity contribution in [2.75, 3.05) is 26.2 Å². The number of nitrogens with zero attached hydrogens (tertiary/aromatic N) is 1. The van der Waals surface area contributed by atoms with Gasteiger partial charge in [-0.3, -0.25) is 14.4 Å². The van der Waals surface area contributed by atoms with Gasteiger partial charge in [0.15, 0.2) is 0 Å².